The Hall–Kier alpha value is -1.97. The quantitative estimate of drug-likeness (QED) is 0.882. The fraction of sp³-hybridized carbons (Fsp3) is 0.400. The molecule has 2 N–H and O–H groups in total. The number of benzene rings is 1. The highest BCUT2D eigenvalue weighted by Gasteiger charge is 2.09. The van der Waals surface area contributed by atoms with Crippen LogP contribution in [0.1, 0.15) is 12.0 Å². The fourth-order valence-electron chi connectivity index (χ4n) is 2.49. The maximum Gasteiger partial charge on any atom is 0.193 e. The van der Waals surface area contributed by atoms with Crippen LogP contribution in [0.15, 0.2) is 35.5 Å². The average Bonchev–Trinajstić information content (AvgIpc) is 2.88. The first-order valence-electron chi connectivity index (χ1n) is 6.88. The standard InChI is InChI=1S/C15H20N4/c1-19-10-2-7-17-15(19)18-8-5-12-3-4-14-13(11-12)6-9-16-14/h3-4,6,9,11,16H,2,5,7-8,10H2,1H3,(H,17,18). The number of aromatic nitrogens is 1. The smallest absolute Gasteiger partial charge is 0.193 e. The van der Waals surface area contributed by atoms with Gasteiger partial charge in [0.25, 0.3) is 0 Å². The number of rotatable bonds is 3. The Kier molecular flexibility index (Phi) is 3.40. The second-order valence-electron chi connectivity index (χ2n) is 5.06. The summed E-state index contributed by atoms with van der Waals surface area (Å²) in [4.78, 5) is 9.92. The predicted molar refractivity (Wildman–Crippen MR) is 79.6 cm³/mol. The second kappa shape index (κ2) is 5.34. The maximum absolute atomic E-state index is 4.51. The van der Waals surface area contributed by atoms with Gasteiger partial charge in [0.2, 0.25) is 0 Å². The predicted octanol–water partition coefficient (Wildman–Crippen LogP) is 1.99. The zero-order valence-corrected chi connectivity index (χ0v) is 11.3. The van der Waals surface area contributed by atoms with Gasteiger partial charge in [0.15, 0.2) is 5.96 Å². The molecule has 0 saturated carbocycles. The zero-order chi connectivity index (χ0) is 13.1. The van der Waals surface area contributed by atoms with Gasteiger partial charge in [0.05, 0.1) is 0 Å². The van der Waals surface area contributed by atoms with E-state index in [-0.39, 0.29) is 0 Å². The molecule has 1 aromatic heterocycles. The van der Waals surface area contributed by atoms with Crippen molar-refractivity contribution in [2.24, 2.45) is 4.99 Å². The minimum Gasteiger partial charge on any atom is -0.361 e. The summed E-state index contributed by atoms with van der Waals surface area (Å²) in [5, 5.41) is 4.71. The van der Waals surface area contributed by atoms with Gasteiger partial charge in [0, 0.05) is 38.4 Å². The summed E-state index contributed by atoms with van der Waals surface area (Å²) >= 11 is 0. The highest BCUT2D eigenvalue weighted by molar-refractivity contribution is 5.81. The zero-order valence-electron chi connectivity index (χ0n) is 11.3. The van der Waals surface area contributed by atoms with Crippen LogP contribution in [0.3, 0.4) is 0 Å². The average molecular weight is 256 g/mol. The third-order valence-corrected chi connectivity index (χ3v) is 3.59. The Labute approximate surface area is 113 Å². The van der Waals surface area contributed by atoms with Crippen LogP contribution in [0.2, 0.25) is 0 Å². The molecule has 1 aliphatic heterocycles. The van der Waals surface area contributed by atoms with E-state index in [4.69, 9.17) is 0 Å². The molecular formula is C15H20N4. The van der Waals surface area contributed by atoms with Crippen LogP contribution in [0.5, 0.6) is 0 Å². The number of nitrogens with zero attached hydrogens (tertiary/aromatic N) is 2. The molecule has 4 heteroatoms. The summed E-state index contributed by atoms with van der Waals surface area (Å²) in [6.07, 6.45) is 4.16. The van der Waals surface area contributed by atoms with Gasteiger partial charge in [-0.15, -0.1) is 0 Å². The molecule has 1 aromatic carbocycles. The van der Waals surface area contributed by atoms with Crippen molar-refractivity contribution in [3.8, 4) is 0 Å². The molecule has 100 valence electrons. The SMILES string of the molecule is CN1CCCN=C1NCCc1ccc2[nH]ccc2c1. The van der Waals surface area contributed by atoms with E-state index in [2.05, 4.69) is 51.5 Å². The van der Waals surface area contributed by atoms with Crippen molar-refractivity contribution < 1.29 is 0 Å². The van der Waals surface area contributed by atoms with Crippen molar-refractivity contribution >= 4 is 16.9 Å². The van der Waals surface area contributed by atoms with Gasteiger partial charge in [-0.1, -0.05) is 6.07 Å². The van der Waals surface area contributed by atoms with Gasteiger partial charge in [-0.3, -0.25) is 4.99 Å². The van der Waals surface area contributed by atoms with Crippen molar-refractivity contribution in [2.45, 2.75) is 12.8 Å². The van der Waals surface area contributed by atoms with Crippen LogP contribution in [0, 0.1) is 0 Å². The summed E-state index contributed by atoms with van der Waals surface area (Å²) in [7, 11) is 2.09. The van der Waals surface area contributed by atoms with Crippen LogP contribution < -0.4 is 5.32 Å². The molecule has 3 rings (SSSR count). The minimum atomic E-state index is 0.930. The largest absolute Gasteiger partial charge is 0.361 e. The van der Waals surface area contributed by atoms with Crippen molar-refractivity contribution in [1.82, 2.24) is 15.2 Å². The number of aromatic amines is 1. The van der Waals surface area contributed by atoms with E-state index < -0.39 is 0 Å². The van der Waals surface area contributed by atoms with E-state index in [1.165, 1.54) is 16.5 Å². The monoisotopic (exact) mass is 256 g/mol. The van der Waals surface area contributed by atoms with Crippen molar-refractivity contribution in [3.05, 3.63) is 36.0 Å². The lowest BCUT2D eigenvalue weighted by Crippen LogP contribution is -2.42. The molecule has 0 atom stereocenters. The number of aliphatic imine (C=N–C) groups is 1. The van der Waals surface area contributed by atoms with Gasteiger partial charge in [-0.2, -0.15) is 0 Å². The third kappa shape index (κ3) is 2.72. The molecule has 0 fully saturated rings. The van der Waals surface area contributed by atoms with Crippen LogP contribution in [0.4, 0.5) is 0 Å². The Balaban J connectivity index is 1.58. The van der Waals surface area contributed by atoms with Crippen molar-refractivity contribution in [1.29, 1.82) is 0 Å². The number of hydrogen-bond acceptors (Lipinski definition) is 3. The molecule has 0 unspecified atom stereocenters. The first-order valence-corrected chi connectivity index (χ1v) is 6.88. The lowest BCUT2D eigenvalue weighted by Gasteiger charge is -2.25. The molecule has 1 aliphatic rings. The molecule has 0 aliphatic carbocycles. The molecule has 0 spiro atoms. The van der Waals surface area contributed by atoms with E-state index in [0.717, 1.165) is 38.4 Å². The van der Waals surface area contributed by atoms with E-state index in [1.54, 1.807) is 0 Å². The highest BCUT2D eigenvalue weighted by Crippen LogP contribution is 2.14. The molecule has 2 aromatic rings. The van der Waals surface area contributed by atoms with Crippen LogP contribution in [-0.2, 0) is 6.42 Å². The molecule has 19 heavy (non-hydrogen) atoms. The molecule has 4 nitrogen and oxygen atoms in total. The van der Waals surface area contributed by atoms with Crippen molar-refractivity contribution in [3.63, 3.8) is 0 Å². The lowest BCUT2D eigenvalue weighted by atomic mass is 10.1. The van der Waals surface area contributed by atoms with Crippen LogP contribution in [0.25, 0.3) is 10.9 Å². The van der Waals surface area contributed by atoms with Gasteiger partial charge in [-0.05, 0) is 42.0 Å². The molecular weight excluding hydrogens is 236 g/mol. The highest BCUT2D eigenvalue weighted by atomic mass is 15.3. The lowest BCUT2D eigenvalue weighted by molar-refractivity contribution is 0.447. The Morgan fingerprint density at radius 2 is 2.32 bits per heavy atom. The Bertz CT molecular complexity index is 585. The van der Waals surface area contributed by atoms with Gasteiger partial charge in [0.1, 0.15) is 0 Å². The molecule has 0 bridgehead atoms. The van der Waals surface area contributed by atoms with Crippen LogP contribution >= 0.6 is 0 Å². The first kappa shape index (κ1) is 12.1. The topological polar surface area (TPSA) is 43.4 Å². The summed E-state index contributed by atoms with van der Waals surface area (Å²) in [5.74, 6) is 1.04. The van der Waals surface area contributed by atoms with E-state index in [1.807, 2.05) is 6.20 Å². The third-order valence-electron chi connectivity index (χ3n) is 3.59. The first-order chi connectivity index (χ1) is 9.33. The summed E-state index contributed by atoms with van der Waals surface area (Å²) in [6, 6.07) is 8.70. The molecule has 2 heterocycles. The minimum absolute atomic E-state index is 0.930. The van der Waals surface area contributed by atoms with Crippen molar-refractivity contribution in [2.75, 3.05) is 26.7 Å². The van der Waals surface area contributed by atoms with E-state index >= 15 is 0 Å². The normalized spacial score (nSPS) is 15.6. The summed E-state index contributed by atoms with van der Waals surface area (Å²) in [6.45, 7) is 2.97. The number of guanidine groups is 1. The second-order valence-corrected chi connectivity index (χ2v) is 5.06. The number of H-pyrrole nitrogens is 1. The number of nitrogens with one attached hydrogen (secondary N) is 2. The van der Waals surface area contributed by atoms with Gasteiger partial charge < -0.3 is 15.2 Å². The maximum atomic E-state index is 4.51. The number of hydrogen-bond donors (Lipinski definition) is 2. The molecule has 0 saturated heterocycles. The van der Waals surface area contributed by atoms with E-state index in [0.29, 0.717) is 0 Å². The van der Waals surface area contributed by atoms with Gasteiger partial charge in [-0.25, -0.2) is 0 Å². The molecule has 0 amide bonds. The Morgan fingerprint density at radius 1 is 1.37 bits per heavy atom. The fourth-order valence-corrected chi connectivity index (χ4v) is 2.49. The molecule has 0 radical (unpaired) electrons. The summed E-state index contributed by atoms with van der Waals surface area (Å²) in [5.41, 5.74) is 2.56. The van der Waals surface area contributed by atoms with E-state index in [9.17, 15) is 0 Å². The van der Waals surface area contributed by atoms with Crippen LogP contribution in [-0.4, -0.2) is 42.5 Å². The Morgan fingerprint density at radius 3 is 3.21 bits per heavy atom. The summed E-state index contributed by atoms with van der Waals surface area (Å²) < 4.78 is 0. The number of fused-ring (bicyclic) bond motifs is 1. The van der Waals surface area contributed by atoms with Gasteiger partial charge >= 0.3 is 0 Å².